The molecule has 2 aliphatic heterocycles. The van der Waals surface area contributed by atoms with Crippen molar-refractivity contribution in [2.24, 2.45) is 5.92 Å². The first-order valence-corrected chi connectivity index (χ1v) is 18.2. The molecule has 3 aliphatic rings. The number of halogens is 1. The molecule has 1 fully saturated rings. The molecule has 1 unspecified atom stereocenters. The van der Waals surface area contributed by atoms with Gasteiger partial charge in [-0.2, -0.15) is 0 Å². The van der Waals surface area contributed by atoms with Gasteiger partial charge >= 0.3 is 6.09 Å². The minimum absolute atomic E-state index is 0.119. The van der Waals surface area contributed by atoms with Crippen molar-refractivity contribution in [1.82, 2.24) is 4.90 Å². The standard InChI is InChI=1S/C30H45BrN2O6Si/c1-29(2,3)38-28(35)33-22-17-25(37-14-10-13-31)24(36-7)16-21(22)26(34)32-18-20(19-11-12-19)15-23(32)27(33)39-40(8,9)30(4,5)6/h16-19,23,27H,10-15H2,1-9H3/t23?,27-/m0/s1. The van der Waals surface area contributed by atoms with E-state index in [1.54, 1.807) is 29.0 Å². The molecule has 0 saturated heterocycles. The monoisotopic (exact) mass is 636 g/mol. The van der Waals surface area contributed by atoms with Crippen molar-refractivity contribution in [3.05, 3.63) is 29.5 Å². The molecule has 10 heteroatoms. The van der Waals surface area contributed by atoms with E-state index < -0.39 is 26.2 Å². The number of nitrogens with zero attached hydrogens (tertiary/aromatic N) is 2. The summed E-state index contributed by atoms with van der Waals surface area (Å²) in [6, 6.07) is 3.05. The van der Waals surface area contributed by atoms with Crippen LogP contribution in [0.2, 0.25) is 18.1 Å². The fraction of sp³-hybridized carbons (Fsp3) is 0.667. The van der Waals surface area contributed by atoms with Gasteiger partial charge in [0, 0.05) is 17.6 Å². The molecule has 1 aliphatic carbocycles. The molecule has 0 radical (unpaired) electrons. The lowest BCUT2D eigenvalue weighted by atomic mass is 10.0. The molecule has 1 saturated carbocycles. The number of ether oxygens (including phenoxy) is 3. The Labute approximate surface area is 248 Å². The van der Waals surface area contributed by atoms with Crippen LogP contribution in [0, 0.1) is 5.92 Å². The van der Waals surface area contributed by atoms with E-state index in [4.69, 9.17) is 18.6 Å². The molecule has 1 aromatic rings. The average molecular weight is 638 g/mol. The summed E-state index contributed by atoms with van der Waals surface area (Å²) in [6.45, 7) is 16.8. The minimum atomic E-state index is -2.43. The Kier molecular flexibility index (Phi) is 8.75. The number of rotatable bonds is 8. The van der Waals surface area contributed by atoms with E-state index in [0.29, 0.717) is 41.7 Å². The van der Waals surface area contributed by atoms with E-state index >= 15 is 0 Å². The molecule has 0 bridgehead atoms. The first kappa shape index (κ1) is 30.9. The number of carbonyl (C=O) groups is 2. The van der Waals surface area contributed by atoms with Gasteiger partial charge in [0.1, 0.15) is 5.60 Å². The topological polar surface area (TPSA) is 77.5 Å². The lowest BCUT2D eigenvalue weighted by Gasteiger charge is -2.44. The molecule has 2 heterocycles. The zero-order chi connectivity index (χ0) is 29.6. The molecule has 2 amide bonds. The van der Waals surface area contributed by atoms with Crippen molar-refractivity contribution < 1.29 is 28.2 Å². The molecule has 0 N–H and O–H groups in total. The molecular formula is C30H45BrN2O6Si. The Morgan fingerprint density at radius 2 is 1.77 bits per heavy atom. The van der Waals surface area contributed by atoms with Gasteiger partial charge in [-0.3, -0.25) is 4.79 Å². The fourth-order valence-electron chi connectivity index (χ4n) is 4.84. The SMILES string of the molecule is COc1cc2c(cc1OCCCBr)N(C(=O)OC(C)(C)C)[C@@H](O[Si](C)(C)C(C)(C)C)C1CC(C3CC3)=CN1C2=O. The van der Waals surface area contributed by atoms with Gasteiger partial charge in [-0.15, -0.1) is 0 Å². The number of fused-ring (bicyclic) bond motifs is 2. The van der Waals surface area contributed by atoms with Crippen LogP contribution < -0.4 is 14.4 Å². The van der Waals surface area contributed by atoms with Crippen LogP contribution in [0.5, 0.6) is 11.5 Å². The number of anilines is 1. The van der Waals surface area contributed by atoms with Gasteiger partial charge in [-0.25, -0.2) is 9.69 Å². The second kappa shape index (κ2) is 11.3. The highest BCUT2D eigenvalue weighted by Gasteiger charge is 2.52. The summed E-state index contributed by atoms with van der Waals surface area (Å²) in [7, 11) is -0.872. The summed E-state index contributed by atoms with van der Waals surface area (Å²) in [5, 5.41) is 0.670. The zero-order valence-corrected chi connectivity index (χ0v) is 28.0. The number of amides is 2. The van der Waals surface area contributed by atoms with Crippen molar-refractivity contribution in [3.63, 3.8) is 0 Å². The van der Waals surface area contributed by atoms with Crippen molar-refractivity contribution in [2.45, 2.75) is 103 Å². The number of carbonyl (C=O) groups excluding carboxylic acids is 2. The summed E-state index contributed by atoms with van der Waals surface area (Å²) in [6.07, 6.45) is 4.42. The maximum absolute atomic E-state index is 14.3. The third-order valence-electron chi connectivity index (χ3n) is 8.15. The maximum Gasteiger partial charge on any atom is 0.417 e. The zero-order valence-electron chi connectivity index (χ0n) is 25.4. The van der Waals surface area contributed by atoms with Gasteiger partial charge in [0.05, 0.1) is 31.0 Å². The van der Waals surface area contributed by atoms with Gasteiger partial charge in [0.2, 0.25) is 0 Å². The molecule has 2 atom stereocenters. The van der Waals surface area contributed by atoms with E-state index in [9.17, 15) is 9.59 Å². The quantitative estimate of drug-likeness (QED) is 0.167. The van der Waals surface area contributed by atoms with Crippen LogP contribution in [0.4, 0.5) is 10.5 Å². The van der Waals surface area contributed by atoms with Crippen molar-refractivity contribution in [2.75, 3.05) is 23.9 Å². The van der Waals surface area contributed by atoms with Gasteiger partial charge < -0.3 is 23.5 Å². The van der Waals surface area contributed by atoms with Crippen LogP contribution in [0.1, 0.15) is 77.6 Å². The lowest BCUT2D eigenvalue weighted by Crippen LogP contribution is -2.58. The second-order valence-corrected chi connectivity index (χ2v) is 19.0. The molecule has 40 heavy (non-hydrogen) atoms. The molecular weight excluding hydrogens is 592 g/mol. The summed E-state index contributed by atoms with van der Waals surface area (Å²) in [4.78, 5) is 31.8. The first-order valence-electron chi connectivity index (χ1n) is 14.2. The highest BCUT2D eigenvalue weighted by Crippen LogP contribution is 2.49. The molecule has 1 aromatic carbocycles. The minimum Gasteiger partial charge on any atom is -0.493 e. The second-order valence-electron chi connectivity index (χ2n) is 13.5. The number of hydrogen-bond donors (Lipinski definition) is 0. The fourth-order valence-corrected chi connectivity index (χ4v) is 6.29. The highest BCUT2D eigenvalue weighted by molar-refractivity contribution is 9.09. The Hall–Kier alpha value is -2.04. The first-order chi connectivity index (χ1) is 18.6. The van der Waals surface area contributed by atoms with E-state index in [1.807, 2.05) is 27.0 Å². The molecule has 4 rings (SSSR count). The smallest absolute Gasteiger partial charge is 0.417 e. The van der Waals surface area contributed by atoms with Crippen molar-refractivity contribution in [1.29, 1.82) is 0 Å². The number of benzene rings is 1. The Bertz CT molecular complexity index is 1170. The molecule has 8 nitrogen and oxygen atoms in total. The van der Waals surface area contributed by atoms with Crippen molar-refractivity contribution >= 4 is 41.9 Å². The Balaban J connectivity index is 1.93. The molecule has 0 aromatic heterocycles. The number of hydrogen-bond acceptors (Lipinski definition) is 6. The van der Waals surface area contributed by atoms with E-state index in [1.165, 1.54) is 5.57 Å². The molecule has 222 valence electrons. The van der Waals surface area contributed by atoms with E-state index in [0.717, 1.165) is 24.6 Å². The van der Waals surface area contributed by atoms with Crippen LogP contribution in [0.3, 0.4) is 0 Å². The van der Waals surface area contributed by atoms with Gasteiger partial charge in [-0.1, -0.05) is 36.7 Å². The summed E-state index contributed by atoms with van der Waals surface area (Å²) >= 11 is 3.44. The van der Waals surface area contributed by atoms with Gasteiger partial charge in [-0.05, 0) is 82.1 Å². The largest absolute Gasteiger partial charge is 0.493 e. The highest BCUT2D eigenvalue weighted by atomic mass is 79.9. The summed E-state index contributed by atoms with van der Waals surface area (Å²) in [5.41, 5.74) is 1.27. The van der Waals surface area contributed by atoms with Crippen LogP contribution >= 0.6 is 15.9 Å². The van der Waals surface area contributed by atoms with Gasteiger partial charge in [0.15, 0.2) is 26.0 Å². The van der Waals surface area contributed by atoms with E-state index in [2.05, 4.69) is 49.8 Å². The van der Waals surface area contributed by atoms with Crippen LogP contribution in [-0.2, 0) is 9.16 Å². The lowest BCUT2D eigenvalue weighted by molar-refractivity contribution is 0.0363. The average Bonchev–Trinajstić information content (AvgIpc) is 3.60. The normalized spacial score (nSPS) is 21.4. The third-order valence-corrected chi connectivity index (χ3v) is 13.1. The van der Waals surface area contributed by atoms with Gasteiger partial charge in [0.25, 0.3) is 5.91 Å². The Morgan fingerprint density at radius 3 is 2.33 bits per heavy atom. The predicted octanol–water partition coefficient (Wildman–Crippen LogP) is 7.47. The molecule has 0 spiro atoms. The number of methoxy groups -OCH3 is 1. The number of alkyl halides is 1. The Morgan fingerprint density at radius 1 is 1.10 bits per heavy atom. The summed E-state index contributed by atoms with van der Waals surface area (Å²) < 4.78 is 24.8. The maximum atomic E-state index is 14.3. The summed E-state index contributed by atoms with van der Waals surface area (Å²) in [5.74, 6) is 1.21. The van der Waals surface area contributed by atoms with E-state index in [-0.39, 0.29) is 17.0 Å². The third kappa shape index (κ3) is 6.38. The predicted molar refractivity (Wildman–Crippen MR) is 163 cm³/mol. The van der Waals surface area contributed by atoms with Crippen LogP contribution in [-0.4, -0.2) is 62.1 Å². The van der Waals surface area contributed by atoms with Crippen molar-refractivity contribution in [3.8, 4) is 11.5 Å². The van der Waals surface area contributed by atoms with Crippen LogP contribution in [0.25, 0.3) is 0 Å². The van der Waals surface area contributed by atoms with Crippen LogP contribution in [0.15, 0.2) is 23.9 Å².